The van der Waals surface area contributed by atoms with Crippen molar-refractivity contribution >= 4 is 0 Å². The molecule has 3 saturated carbocycles. The minimum atomic E-state index is -1.79. The van der Waals surface area contributed by atoms with Crippen molar-refractivity contribution in [2.75, 3.05) is 26.4 Å². The first kappa shape index (κ1) is 59.2. The van der Waals surface area contributed by atoms with Gasteiger partial charge in [-0.2, -0.15) is 0 Å². The van der Waals surface area contributed by atoms with Gasteiger partial charge in [-0.25, -0.2) is 0 Å². The van der Waals surface area contributed by atoms with Crippen LogP contribution in [-0.4, -0.2) is 233 Å². The molecule has 0 radical (unpaired) electrons. The molecule has 0 spiro atoms. The number of ether oxygens (including phenoxy) is 8. The lowest BCUT2D eigenvalue weighted by atomic mass is 9.35. The summed E-state index contributed by atoms with van der Waals surface area (Å²) in [4.78, 5) is 0. The number of rotatable bonds is 12. The van der Waals surface area contributed by atoms with E-state index in [4.69, 9.17) is 37.9 Å². The Morgan fingerprint density at radius 2 is 1.12 bits per heavy atom. The predicted molar refractivity (Wildman–Crippen MR) is 263 cm³/mol. The summed E-state index contributed by atoms with van der Waals surface area (Å²) in [5, 5.41) is 151. The van der Waals surface area contributed by atoms with Crippen molar-refractivity contribution in [3.05, 3.63) is 23.3 Å². The van der Waals surface area contributed by atoms with E-state index < -0.39 is 171 Å². The Kier molecular flexibility index (Phi) is 16.7. The molecule has 4 heterocycles. The standard InChI is InChI=1S/C54H88O22/c1-23-33(58)36(61)42(67)47(71-23)76-44-28(21-69-45-40(65)37(62)34(59)26(19-55)72-45)74-48(43(68)39(44)64)75-32-12-13-51(6)29(50(32,4)5)11-14-52(7)30(51)10-9-24-25-17-49(2,3)15-16-54(25,31(57)18-53(24,52)8)22-70-46-41(66)38(63)35(60)27(20-56)73-46/h9-10,23,26-48,55-68H,11-22H2,1-8H3/t23-,26+,27+,28+,29?,30?,31+,32-,33-,34+,35+,36+,37-,38-,39+,40+,41+,42+,43+,44+,45+,46+,47-,48-,51-,52+,53+,54?/m0/s1. The van der Waals surface area contributed by atoms with Crippen LogP contribution in [0.15, 0.2) is 23.3 Å². The molecule has 0 aromatic heterocycles. The zero-order valence-electron chi connectivity index (χ0n) is 45.0. The second-order valence-electron chi connectivity index (χ2n) is 26.1. The van der Waals surface area contributed by atoms with Crippen molar-refractivity contribution in [2.45, 2.75) is 242 Å². The number of fused-ring (bicyclic) bond motifs is 6. The van der Waals surface area contributed by atoms with E-state index in [0.717, 1.165) is 24.8 Å². The Hall–Kier alpha value is -1.40. The van der Waals surface area contributed by atoms with Crippen molar-refractivity contribution in [2.24, 2.45) is 44.3 Å². The molecule has 4 aliphatic heterocycles. The van der Waals surface area contributed by atoms with E-state index in [0.29, 0.717) is 32.1 Å². The van der Waals surface area contributed by atoms with E-state index >= 15 is 0 Å². The molecule has 436 valence electrons. The minimum Gasteiger partial charge on any atom is -0.394 e. The summed E-state index contributed by atoms with van der Waals surface area (Å²) in [7, 11) is 0. The normalized spacial score (nSPS) is 54.0. The van der Waals surface area contributed by atoms with Gasteiger partial charge in [0.15, 0.2) is 25.2 Å². The third kappa shape index (κ3) is 9.63. The Bertz CT molecular complexity index is 2110. The van der Waals surface area contributed by atoms with Gasteiger partial charge >= 0.3 is 0 Å². The topological polar surface area (TPSA) is 357 Å². The highest BCUT2D eigenvalue weighted by molar-refractivity contribution is 5.47. The van der Waals surface area contributed by atoms with Crippen LogP contribution >= 0.6 is 0 Å². The summed E-state index contributed by atoms with van der Waals surface area (Å²) < 4.78 is 48.4. The molecule has 22 nitrogen and oxygen atoms in total. The fourth-order valence-corrected chi connectivity index (χ4v) is 15.8. The van der Waals surface area contributed by atoms with E-state index in [1.54, 1.807) is 0 Å². The second kappa shape index (κ2) is 21.4. The molecule has 3 unspecified atom stereocenters. The number of aliphatic hydroxyl groups is 14. The predicted octanol–water partition coefficient (Wildman–Crippen LogP) is -1.64. The zero-order chi connectivity index (χ0) is 55.6. The van der Waals surface area contributed by atoms with Gasteiger partial charge in [-0.05, 0) is 97.4 Å². The highest BCUT2D eigenvalue weighted by atomic mass is 16.8. The molecule has 0 aromatic rings. The van der Waals surface area contributed by atoms with Crippen LogP contribution in [0.3, 0.4) is 0 Å². The molecule has 0 aromatic carbocycles. The molecule has 9 rings (SSSR count). The highest BCUT2D eigenvalue weighted by Crippen LogP contribution is 2.74. The lowest BCUT2D eigenvalue weighted by Gasteiger charge is -2.70. The molecular formula is C54H88O22. The van der Waals surface area contributed by atoms with Gasteiger partial charge in [-0.3, -0.25) is 0 Å². The zero-order valence-corrected chi connectivity index (χ0v) is 45.0. The Balaban J connectivity index is 0.961. The summed E-state index contributed by atoms with van der Waals surface area (Å²) in [6.45, 7) is 15.3. The second-order valence-corrected chi connectivity index (χ2v) is 26.1. The maximum absolute atomic E-state index is 12.7. The maximum Gasteiger partial charge on any atom is 0.187 e. The summed E-state index contributed by atoms with van der Waals surface area (Å²) in [6, 6.07) is 0. The Labute approximate surface area is 444 Å². The third-order valence-corrected chi connectivity index (χ3v) is 20.9. The van der Waals surface area contributed by atoms with Gasteiger partial charge in [-0.15, -0.1) is 0 Å². The molecule has 28 atom stereocenters. The van der Waals surface area contributed by atoms with Crippen LogP contribution in [0.5, 0.6) is 0 Å². The fourth-order valence-electron chi connectivity index (χ4n) is 15.8. The molecule has 0 bridgehead atoms. The van der Waals surface area contributed by atoms with Crippen molar-refractivity contribution in [1.82, 2.24) is 0 Å². The van der Waals surface area contributed by atoms with Gasteiger partial charge in [0.05, 0.1) is 44.7 Å². The van der Waals surface area contributed by atoms with Gasteiger partial charge in [0, 0.05) is 10.8 Å². The lowest BCUT2D eigenvalue weighted by molar-refractivity contribution is -0.373. The monoisotopic (exact) mass is 1090 g/mol. The molecule has 76 heavy (non-hydrogen) atoms. The molecule has 7 fully saturated rings. The van der Waals surface area contributed by atoms with Crippen LogP contribution in [0.1, 0.15) is 107 Å². The average Bonchev–Trinajstić information content (AvgIpc) is 3.36. The van der Waals surface area contributed by atoms with E-state index in [1.807, 2.05) is 0 Å². The van der Waals surface area contributed by atoms with Crippen LogP contribution in [0, 0.1) is 44.3 Å². The van der Waals surface area contributed by atoms with E-state index in [1.165, 1.54) is 12.5 Å². The molecule has 9 aliphatic rings. The first-order valence-corrected chi connectivity index (χ1v) is 27.5. The van der Waals surface area contributed by atoms with Crippen LogP contribution in [0.25, 0.3) is 0 Å². The Morgan fingerprint density at radius 1 is 0.566 bits per heavy atom. The summed E-state index contributed by atoms with van der Waals surface area (Å²) in [6.07, 6.45) is -22.2. The molecule has 22 heteroatoms. The van der Waals surface area contributed by atoms with Crippen molar-refractivity contribution < 1.29 is 109 Å². The maximum atomic E-state index is 12.7. The van der Waals surface area contributed by atoms with Gasteiger partial charge < -0.3 is 109 Å². The highest BCUT2D eigenvalue weighted by Gasteiger charge is 2.69. The number of allylic oxidation sites excluding steroid dienone is 3. The summed E-state index contributed by atoms with van der Waals surface area (Å²) in [5.41, 5.74) is -0.293. The van der Waals surface area contributed by atoms with Crippen molar-refractivity contribution in [3.8, 4) is 0 Å². The van der Waals surface area contributed by atoms with Crippen LogP contribution in [0.2, 0.25) is 0 Å². The van der Waals surface area contributed by atoms with Gasteiger partial charge in [0.25, 0.3) is 0 Å². The van der Waals surface area contributed by atoms with E-state index in [9.17, 15) is 71.5 Å². The third-order valence-electron chi connectivity index (χ3n) is 20.9. The first-order chi connectivity index (χ1) is 35.5. The van der Waals surface area contributed by atoms with Crippen LogP contribution < -0.4 is 0 Å². The molecule has 5 aliphatic carbocycles. The number of hydrogen-bond acceptors (Lipinski definition) is 22. The number of aliphatic hydroxyl groups excluding tert-OH is 14. The van der Waals surface area contributed by atoms with Gasteiger partial charge in [0.1, 0.15) is 91.6 Å². The average molecular weight is 1090 g/mol. The molecule has 0 amide bonds. The number of hydrogen-bond donors (Lipinski definition) is 14. The molecule has 14 N–H and O–H groups in total. The van der Waals surface area contributed by atoms with E-state index in [-0.39, 0.29) is 34.7 Å². The van der Waals surface area contributed by atoms with Crippen molar-refractivity contribution in [1.29, 1.82) is 0 Å². The molecule has 4 saturated heterocycles. The SMILES string of the molecule is C[C@@H]1O[C@@H](O[C@H]2[C@H](O)[C@@H](O)[C@H](O[C@H]3CC[C@@]4(C)C(CC[C@]5(C)C4C=CC4=C6CC(C)(C)CCC6(CO[C@@H]6O[C@H](CO)[C@@H](O)[C@H](O)[C@H]6O)[C@H](O)C[C@]45C)C3(C)C)O[C@@H]2CO[C@@H]2O[C@H](CO)[C@@H](O)[C@H](O)[C@H]2O)[C@H](O)[C@H](O)[C@H]1O. The van der Waals surface area contributed by atoms with Gasteiger partial charge in [0.2, 0.25) is 0 Å². The fraction of sp³-hybridized carbons (Fsp3) is 0.926. The van der Waals surface area contributed by atoms with Crippen LogP contribution in [0.4, 0.5) is 0 Å². The van der Waals surface area contributed by atoms with Gasteiger partial charge in [-0.1, -0.05) is 66.2 Å². The Morgan fingerprint density at radius 3 is 1.74 bits per heavy atom. The largest absolute Gasteiger partial charge is 0.394 e. The van der Waals surface area contributed by atoms with Crippen LogP contribution in [-0.2, 0) is 37.9 Å². The smallest absolute Gasteiger partial charge is 0.187 e. The quantitative estimate of drug-likeness (QED) is 0.0975. The summed E-state index contributed by atoms with van der Waals surface area (Å²) >= 11 is 0. The van der Waals surface area contributed by atoms with Crippen molar-refractivity contribution in [3.63, 3.8) is 0 Å². The molecular weight excluding hydrogens is 1000 g/mol. The summed E-state index contributed by atoms with van der Waals surface area (Å²) in [5.74, 6) is 0.114. The first-order valence-electron chi connectivity index (χ1n) is 27.5. The minimum absolute atomic E-state index is 0.00613. The van der Waals surface area contributed by atoms with E-state index in [2.05, 4.69) is 60.6 Å². The lowest BCUT2D eigenvalue weighted by Crippen LogP contribution is -2.66.